The second-order valence-corrected chi connectivity index (χ2v) is 3.54. The summed E-state index contributed by atoms with van der Waals surface area (Å²) in [6.45, 7) is 0.304. The third-order valence-corrected chi connectivity index (χ3v) is 2.20. The second-order valence-electron chi connectivity index (χ2n) is 3.54. The summed E-state index contributed by atoms with van der Waals surface area (Å²) in [5.41, 5.74) is -4.75. The molecule has 0 spiro atoms. The molecule has 1 aromatic rings. The maximum absolute atomic E-state index is 12.6. The Kier molecular flexibility index (Phi) is 3.22. The van der Waals surface area contributed by atoms with Crippen LogP contribution in [-0.4, -0.2) is 38.7 Å². The molecule has 0 aromatic carbocycles. The SMILES string of the molecule is CC(NC(=O)c1c[nH]c(=O)[nH]1)(C(=O)O)C(F)(F)F. The number of alkyl halides is 3. The summed E-state index contributed by atoms with van der Waals surface area (Å²) in [4.78, 5) is 36.6. The number of aliphatic carboxylic acids is 1. The predicted molar refractivity (Wildman–Crippen MR) is 51.0 cm³/mol. The van der Waals surface area contributed by atoms with Gasteiger partial charge in [-0.3, -0.25) is 4.79 Å². The summed E-state index contributed by atoms with van der Waals surface area (Å²) >= 11 is 0. The zero-order valence-corrected chi connectivity index (χ0v) is 8.88. The van der Waals surface area contributed by atoms with Crippen molar-refractivity contribution in [1.82, 2.24) is 15.3 Å². The van der Waals surface area contributed by atoms with E-state index in [-0.39, 0.29) is 0 Å². The van der Waals surface area contributed by atoms with Crippen LogP contribution in [0.15, 0.2) is 11.0 Å². The van der Waals surface area contributed by atoms with Crippen LogP contribution in [0.25, 0.3) is 0 Å². The molecular weight excluding hydrogens is 259 g/mol. The van der Waals surface area contributed by atoms with Gasteiger partial charge in [-0.25, -0.2) is 9.59 Å². The van der Waals surface area contributed by atoms with Gasteiger partial charge in [0.2, 0.25) is 5.54 Å². The molecule has 18 heavy (non-hydrogen) atoms. The third kappa shape index (κ3) is 2.36. The molecule has 4 N–H and O–H groups in total. The Morgan fingerprint density at radius 2 is 1.94 bits per heavy atom. The molecule has 0 saturated carbocycles. The van der Waals surface area contributed by atoms with Gasteiger partial charge < -0.3 is 20.4 Å². The molecule has 0 saturated heterocycles. The van der Waals surface area contributed by atoms with E-state index in [2.05, 4.69) is 0 Å². The largest absolute Gasteiger partial charge is 0.479 e. The van der Waals surface area contributed by atoms with E-state index < -0.39 is 35.0 Å². The van der Waals surface area contributed by atoms with Gasteiger partial charge in [-0.2, -0.15) is 13.2 Å². The van der Waals surface area contributed by atoms with Gasteiger partial charge in [0, 0.05) is 6.20 Å². The number of carboxylic acids is 1. The van der Waals surface area contributed by atoms with Crippen molar-refractivity contribution in [2.75, 3.05) is 0 Å². The molecular formula is C8H8F3N3O4. The maximum atomic E-state index is 12.6. The molecule has 1 unspecified atom stereocenters. The zero-order valence-electron chi connectivity index (χ0n) is 8.88. The molecule has 1 rings (SSSR count). The fourth-order valence-corrected chi connectivity index (χ4v) is 0.994. The van der Waals surface area contributed by atoms with Crippen LogP contribution in [0.2, 0.25) is 0 Å². The zero-order chi connectivity index (χ0) is 14.1. The van der Waals surface area contributed by atoms with Crippen LogP contribution in [0.1, 0.15) is 17.4 Å². The summed E-state index contributed by atoms with van der Waals surface area (Å²) in [7, 11) is 0. The number of nitrogens with one attached hydrogen (secondary N) is 3. The van der Waals surface area contributed by atoms with Crippen molar-refractivity contribution in [3.05, 3.63) is 22.4 Å². The Bertz CT molecular complexity index is 532. The first-order chi connectivity index (χ1) is 8.08. The summed E-state index contributed by atoms with van der Waals surface area (Å²) in [5.74, 6) is -3.63. The first-order valence-corrected chi connectivity index (χ1v) is 4.48. The molecule has 7 nitrogen and oxygen atoms in total. The number of carboxylic acid groups (broad SMARTS) is 1. The highest BCUT2D eigenvalue weighted by Gasteiger charge is 2.58. The Labute approximate surface area is 97.0 Å². The van der Waals surface area contributed by atoms with E-state index >= 15 is 0 Å². The summed E-state index contributed by atoms with van der Waals surface area (Å²) in [6, 6.07) is 0. The number of H-pyrrole nitrogens is 2. The van der Waals surface area contributed by atoms with E-state index in [4.69, 9.17) is 5.11 Å². The van der Waals surface area contributed by atoms with Gasteiger partial charge in [-0.05, 0) is 6.92 Å². The highest BCUT2D eigenvalue weighted by Crippen LogP contribution is 2.30. The number of imidazole rings is 1. The lowest BCUT2D eigenvalue weighted by Gasteiger charge is -2.28. The van der Waals surface area contributed by atoms with Crippen LogP contribution in [-0.2, 0) is 4.79 Å². The van der Waals surface area contributed by atoms with Gasteiger partial charge in [-0.1, -0.05) is 0 Å². The summed E-state index contributed by atoms with van der Waals surface area (Å²) in [6.07, 6.45) is -4.36. The molecule has 1 aromatic heterocycles. The van der Waals surface area contributed by atoms with Crippen LogP contribution in [0.5, 0.6) is 0 Å². The number of hydrogen-bond acceptors (Lipinski definition) is 3. The van der Waals surface area contributed by atoms with Gasteiger partial charge in [0.1, 0.15) is 5.69 Å². The fourth-order valence-electron chi connectivity index (χ4n) is 0.994. The van der Waals surface area contributed by atoms with Crippen molar-refractivity contribution in [3.8, 4) is 0 Å². The van der Waals surface area contributed by atoms with Gasteiger partial charge in [-0.15, -0.1) is 0 Å². The lowest BCUT2D eigenvalue weighted by atomic mass is 10.0. The number of rotatable bonds is 3. The number of amides is 1. The van der Waals surface area contributed by atoms with Gasteiger partial charge in [0.05, 0.1) is 0 Å². The average Bonchev–Trinajstić information content (AvgIpc) is 2.62. The van der Waals surface area contributed by atoms with Gasteiger partial charge in [0.15, 0.2) is 0 Å². The number of aromatic nitrogens is 2. The van der Waals surface area contributed by atoms with Crippen molar-refractivity contribution in [2.24, 2.45) is 0 Å². The molecule has 0 aliphatic rings. The van der Waals surface area contributed by atoms with Crippen molar-refractivity contribution < 1.29 is 27.9 Å². The predicted octanol–water partition coefficient (Wildman–Crippen LogP) is -0.162. The van der Waals surface area contributed by atoms with E-state index in [1.165, 1.54) is 5.32 Å². The van der Waals surface area contributed by atoms with E-state index in [0.717, 1.165) is 6.20 Å². The maximum Gasteiger partial charge on any atom is 0.422 e. The molecule has 1 heterocycles. The van der Waals surface area contributed by atoms with Crippen molar-refractivity contribution in [2.45, 2.75) is 18.6 Å². The molecule has 1 atom stereocenters. The smallest absolute Gasteiger partial charge is 0.422 e. The molecule has 1 amide bonds. The highest BCUT2D eigenvalue weighted by molar-refractivity contribution is 5.96. The standard InChI is InChI=1S/C8H8F3N3O4/c1-7(5(16)17,8(9,10)11)14-4(15)3-2-12-6(18)13-3/h2H,1H3,(H,14,15)(H,16,17)(H2,12,13,18). The number of hydrogen-bond donors (Lipinski definition) is 4. The van der Waals surface area contributed by atoms with Crippen LogP contribution in [0, 0.1) is 0 Å². The highest BCUT2D eigenvalue weighted by atomic mass is 19.4. The topological polar surface area (TPSA) is 115 Å². The lowest BCUT2D eigenvalue weighted by molar-refractivity contribution is -0.203. The fraction of sp³-hybridized carbons (Fsp3) is 0.375. The van der Waals surface area contributed by atoms with Crippen molar-refractivity contribution >= 4 is 11.9 Å². The average molecular weight is 267 g/mol. The van der Waals surface area contributed by atoms with Crippen molar-refractivity contribution in [3.63, 3.8) is 0 Å². The molecule has 0 fully saturated rings. The van der Waals surface area contributed by atoms with Gasteiger partial charge >= 0.3 is 17.8 Å². The molecule has 0 aliphatic carbocycles. The van der Waals surface area contributed by atoms with Gasteiger partial charge in [0.25, 0.3) is 5.91 Å². The van der Waals surface area contributed by atoms with Crippen LogP contribution >= 0.6 is 0 Å². The third-order valence-electron chi connectivity index (χ3n) is 2.20. The number of aromatic amines is 2. The second kappa shape index (κ2) is 4.20. The minimum Gasteiger partial charge on any atom is -0.479 e. The quantitative estimate of drug-likeness (QED) is 0.609. The summed E-state index contributed by atoms with van der Waals surface area (Å²) in [5, 5.41) is 9.86. The number of halogens is 3. The Hall–Kier alpha value is -2.26. The normalized spacial score (nSPS) is 14.9. The Morgan fingerprint density at radius 1 is 1.39 bits per heavy atom. The van der Waals surface area contributed by atoms with E-state index in [1.807, 2.05) is 9.97 Å². The van der Waals surface area contributed by atoms with Crippen LogP contribution in [0.3, 0.4) is 0 Å². The van der Waals surface area contributed by atoms with E-state index in [9.17, 15) is 27.6 Å². The summed E-state index contributed by atoms with van der Waals surface area (Å²) < 4.78 is 37.7. The number of carbonyl (C=O) groups excluding carboxylic acids is 1. The number of carbonyl (C=O) groups is 2. The molecule has 0 bridgehead atoms. The minimum absolute atomic E-state index is 0.304. The van der Waals surface area contributed by atoms with E-state index in [1.54, 1.807) is 0 Å². The molecule has 0 aliphatic heterocycles. The van der Waals surface area contributed by atoms with Crippen LogP contribution < -0.4 is 11.0 Å². The monoisotopic (exact) mass is 267 g/mol. The lowest BCUT2D eigenvalue weighted by Crippen LogP contribution is -2.62. The molecule has 0 radical (unpaired) electrons. The van der Waals surface area contributed by atoms with E-state index in [0.29, 0.717) is 6.92 Å². The Balaban J connectivity index is 3.03. The molecule has 10 heteroatoms. The first kappa shape index (κ1) is 13.8. The minimum atomic E-state index is -5.19. The first-order valence-electron chi connectivity index (χ1n) is 4.48. The molecule has 100 valence electrons. The van der Waals surface area contributed by atoms with Crippen LogP contribution in [0.4, 0.5) is 13.2 Å². The van der Waals surface area contributed by atoms with Crippen molar-refractivity contribution in [1.29, 1.82) is 0 Å². The Morgan fingerprint density at radius 3 is 2.28 bits per heavy atom.